The number of hydrogen-bond donors (Lipinski definition) is 1. The molecule has 0 aliphatic carbocycles. The molecule has 28 heavy (non-hydrogen) atoms. The molecule has 144 valence electrons. The number of nitrogens with one attached hydrogen (secondary N) is 1. The SMILES string of the molecule is O=C(Nc1ccc(N2CCCC2)nc1)c1nn(-c2ccc(Cl)cc2)cc1CCl. The van der Waals surface area contributed by atoms with Crippen LogP contribution in [0.5, 0.6) is 0 Å². The molecule has 1 aromatic carbocycles. The van der Waals surface area contributed by atoms with E-state index in [-0.39, 0.29) is 17.5 Å². The minimum atomic E-state index is -0.320. The summed E-state index contributed by atoms with van der Waals surface area (Å²) < 4.78 is 1.62. The van der Waals surface area contributed by atoms with E-state index in [1.165, 1.54) is 12.8 Å². The van der Waals surface area contributed by atoms with Crippen LogP contribution in [0, 0.1) is 0 Å². The lowest BCUT2D eigenvalue weighted by molar-refractivity contribution is 0.102. The summed E-state index contributed by atoms with van der Waals surface area (Å²) in [6.45, 7) is 2.06. The summed E-state index contributed by atoms with van der Waals surface area (Å²) in [6.07, 6.45) is 5.80. The van der Waals surface area contributed by atoms with Crippen LogP contribution >= 0.6 is 23.2 Å². The van der Waals surface area contributed by atoms with Gasteiger partial charge in [0.05, 0.1) is 23.5 Å². The molecule has 0 spiro atoms. The van der Waals surface area contributed by atoms with E-state index < -0.39 is 0 Å². The lowest BCUT2D eigenvalue weighted by atomic mass is 10.2. The number of aromatic nitrogens is 3. The summed E-state index contributed by atoms with van der Waals surface area (Å²) >= 11 is 12.0. The molecule has 1 aliphatic rings. The van der Waals surface area contributed by atoms with Gasteiger partial charge in [-0.2, -0.15) is 5.10 Å². The second-order valence-corrected chi connectivity index (χ2v) is 7.31. The number of alkyl halides is 1. The predicted octanol–water partition coefficient (Wildman–Crippen LogP) is 4.51. The Bertz CT molecular complexity index is 963. The average molecular weight is 416 g/mol. The molecule has 1 saturated heterocycles. The van der Waals surface area contributed by atoms with Crippen molar-refractivity contribution in [3.63, 3.8) is 0 Å². The van der Waals surface area contributed by atoms with Crippen LogP contribution in [0.1, 0.15) is 28.9 Å². The molecular formula is C20H19Cl2N5O. The van der Waals surface area contributed by atoms with E-state index >= 15 is 0 Å². The molecule has 0 unspecified atom stereocenters. The average Bonchev–Trinajstić information content (AvgIpc) is 3.39. The first-order chi connectivity index (χ1) is 13.6. The molecule has 3 aromatic rings. The third-order valence-electron chi connectivity index (χ3n) is 4.68. The number of benzene rings is 1. The number of carbonyl (C=O) groups is 1. The standard InChI is InChI=1S/C20H19Cl2N5O/c21-11-14-13-27(17-6-3-15(22)4-7-17)25-19(14)20(28)24-16-5-8-18(23-12-16)26-9-1-2-10-26/h3-8,12-13H,1-2,9-11H2,(H,24,28). The number of hydrogen-bond acceptors (Lipinski definition) is 4. The first kappa shape index (κ1) is 18.8. The smallest absolute Gasteiger partial charge is 0.276 e. The van der Waals surface area contributed by atoms with E-state index in [4.69, 9.17) is 23.2 Å². The topological polar surface area (TPSA) is 63.1 Å². The number of carbonyl (C=O) groups excluding carboxylic acids is 1. The highest BCUT2D eigenvalue weighted by atomic mass is 35.5. The molecule has 1 amide bonds. The molecule has 0 saturated carbocycles. The molecule has 2 aromatic heterocycles. The molecule has 0 bridgehead atoms. The maximum atomic E-state index is 12.7. The molecular weight excluding hydrogens is 397 g/mol. The van der Waals surface area contributed by atoms with Gasteiger partial charge in [0, 0.05) is 29.9 Å². The summed E-state index contributed by atoms with van der Waals surface area (Å²) in [5, 5.41) is 7.89. The van der Waals surface area contributed by atoms with Gasteiger partial charge in [0.25, 0.3) is 5.91 Å². The van der Waals surface area contributed by atoms with Gasteiger partial charge in [-0.25, -0.2) is 9.67 Å². The largest absolute Gasteiger partial charge is 0.357 e. The molecule has 1 N–H and O–H groups in total. The van der Waals surface area contributed by atoms with Crippen LogP contribution in [-0.4, -0.2) is 33.8 Å². The zero-order chi connectivity index (χ0) is 19.5. The van der Waals surface area contributed by atoms with Crippen LogP contribution in [0.3, 0.4) is 0 Å². The Kier molecular flexibility index (Phi) is 5.50. The van der Waals surface area contributed by atoms with Crippen LogP contribution in [0.2, 0.25) is 5.02 Å². The second kappa shape index (κ2) is 8.20. The van der Waals surface area contributed by atoms with Crippen LogP contribution in [0.25, 0.3) is 5.69 Å². The van der Waals surface area contributed by atoms with Gasteiger partial charge in [-0.1, -0.05) is 11.6 Å². The lowest BCUT2D eigenvalue weighted by Gasteiger charge is -2.16. The highest BCUT2D eigenvalue weighted by Gasteiger charge is 2.18. The van der Waals surface area contributed by atoms with Gasteiger partial charge in [0.1, 0.15) is 5.82 Å². The van der Waals surface area contributed by atoms with Gasteiger partial charge in [-0.15, -0.1) is 11.6 Å². The fourth-order valence-corrected chi connectivity index (χ4v) is 3.53. The minimum absolute atomic E-state index is 0.183. The molecule has 6 nitrogen and oxygen atoms in total. The van der Waals surface area contributed by atoms with Crippen molar-refractivity contribution < 1.29 is 4.79 Å². The highest BCUT2D eigenvalue weighted by Crippen LogP contribution is 2.21. The number of nitrogens with zero attached hydrogens (tertiary/aromatic N) is 4. The number of pyridine rings is 1. The van der Waals surface area contributed by atoms with Crippen LogP contribution < -0.4 is 10.2 Å². The van der Waals surface area contributed by atoms with Crippen molar-refractivity contribution in [2.45, 2.75) is 18.7 Å². The van der Waals surface area contributed by atoms with E-state index in [0.29, 0.717) is 16.3 Å². The number of rotatable bonds is 5. The van der Waals surface area contributed by atoms with Crippen LogP contribution in [0.15, 0.2) is 48.8 Å². The third-order valence-corrected chi connectivity index (χ3v) is 5.22. The van der Waals surface area contributed by atoms with E-state index in [1.807, 2.05) is 24.3 Å². The monoisotopic (exact) mass is 415 g/mol. The maximum absolute atomic E-state index is 12.7. The Morgan fingerprint density at radius 1 is 1.11 bits per heavy atom. The fourth-order valence-electron chi connectivity index (χ4n) is 3.21. The van der Waals surface area contributed by atoms with Crippen LogP contribution in [0.4, 0.5) is 11.5 Å². The van der Waals surface area contributed by atoms with Gasteiger partial charge in [-0.3, -0.25) is 4.79 Å². The molecule has 0 atom stereocenters. The Morgan fingerprint density at radius 2 is 1.86 bits per heavy atom. The summed E-state index contributed by atoms with van der Waals surface area (Å²) in [6, 6.07) is 11.0. The lowest BCUT2D eigenvalue weighted by Crippen LogP contribution is -2.19. The van der Waals surface area contributed by atoms with Crippen molar-refractivity contribution in [2.75, 3.05) is 23.3 Å². The molecule has 3 heterocycles. The van der Waals surface area contributed by atoms with Crippen molar-refractivity contribution in [3.8, 4) is 5.69 Å². The highest BCUT2D eigenvalue weighted by molar-refractivity contribution is 6.30. The van der Waals surface area contributed by atoms with E-state index in [2.05, 4.69) is 20.3 Å². The zero-order valence-corrected chi connectivity index (χ0v) is 16.6. The first-order valence-corrected chi connectivity index (χ1v) is 9.98. The summed E-state index contributed by atoms with van der Waals surface area (Å²) in [7, 11) is 0. The quantitative estimate of drug-likeness (QED) is 0.622. The summed E-state index contributed by atoms with van der Waals surface area (Å²) in [5.74, 6) is 0.797. The van der Waals surface area contributed by atoms with E-state index in [0.717, 1.165) is 24.6 Å². The minimum Gasteiger partial charge on any atom is -0.357 e. The van der Waals surface area contributed by atoms with E-state index in [9.17, 15) is 4.79 Å². The molecule has 0 radical (unpaired) electrons. The van der Waals surface area contributed by atoms with Crippen molar-refractivity contribution in [1.82, 2.24) is 14.8 Å². The summed E-state index contributed by atoms with van der Waals surface area (Å²) in [4.78, 5) is 19.4. The normalized spacial score (nSPS) is 13.7. The second-order valence-electron chi connectivity index (χ2n) is 6.61. The number of anilines is 2. The van der Waals surface area contributed by atoms with Gasteiger partial charge >= 0.3 is 0 Å². The van der Waals surface area contributed by atoms with Crippen molar-refractivity contribution in [3.05, 3.63) is 65.1 Å². The predicted molar refractivity (Wildman–Crippen MR) is 112 cm³/mol. The third kappa shape index (κ3) is 3.98. The van der Waals surface area contributed by atoms with Crippen LogP contribution in [-0.2, 0) is 5.88 Å². The van der Waals surface area contributed by atoms with Gasteiger partial charge in [-0.05, 0) is 49.2 Å². The van der Waals surface area contributed by atoms with Gasteiger partial charge in [0.2, 0.25) is 0 Å². The molecule has 1 fully saturated rings. The molecule has 8 heteroatoms. The molecule has 4 rings (SSSR count). The Balaban J connectivity index is 1.51. The first-order valence-electron chi connectivity index (χ1n) is 9.07. The Hall–Kier alpha value is -2.57. The molecule has 1 aliphatic heterocycles. The summed E-state index contributed by atoms with van der Waals surface area (Å²) in [5.41, 5.74) is 2.35. The fraction of sp³-hybridized carbons (Fsp3) is 0.250. The number of halogens is 2. The number of amides is 1. The van der Waals surface area contributed by atoms with Crippen molar-refractivity contribution in [1.29, 1.82) is 0 Å². The van der Waals surface area contributed by atoms with Crippen molar-refractivity contribution in [2.24, 2.45) is 0 Å². The Morgan fingerprint density at radius 3 is 2.50 bits per heavy atom. The van der Waals surface area contributed by atoms with Gasteiger partial charge < -0.3 is 10.2 Å². The zero-order valence-electron chi connectivity index (χ0n) is 15.1. The van der Waals surface area contributed by atoms with E-state index in [1.54, 1.807) is 29.2 Å². The van der Waals surface area contributed by atoms with Gasteiger partial charge in [0.15, 0.2) is 5.69 Å². The van der Waals surface area contributed by atoms with Crippen molar-refractivity contribution >= 4 is 40.6 Å². The Labute approximate surface area is 173 Å². The maximum Gasteiger partial charge on any atom is 0.276 e.